The van der Waals surface area contributed by atoms with E-state index in [1.165, 1.54) is 19.1 Å². The number of carbonyl (C=O) groups excluding carboxylic acids is 2. The average molecular weight is 512 g/mol. The van der Waals surface area contributed by atoms with Gasteiger partial charge in [-0.25, -0.2) is 17.2 Å². The molecule has 192 valence electrons. The van der Waals surface area contributed by atoms with E-state index in [1.807, 2.05) is 6.07 Å². The Kier molecular flexibility index (Phi) is 10.00. The number of hydrogen-bond donors (Lipinski definition) is 1. The van der Waals surface area contributed by atoms with E-state index in [0.717, 1.165) is 34.3 Å². The molecule has 0 aliphatic carbocycles. The van der Waals surface area contributed by atoms with Gasteiger partial charge in [-0.05, 0) is 42.7 Å². The van der Waals surface area contributed by atoms with Crippen molar-refractivity contribution in [1.29, 1.82) is 0 Å². The summed E-state index contributed by atoms with van der Waals surface area (Å²) in [7, 11) is -0.798. The summed E-state index contributed by atoms with van der Waals surface area (Å²) in [5, 5.41) is 2.57. The first kappa shape index (κ1) is 28.0. The van der Waals surface area contributed by atoms with Crippen LogP contribution in [0.4, 0.5) is 14.5 Å². The van der Waals surface area contributed by atoms with Crippen LogP contribution in [0.1, 0.15) is 31.7 Å². The first-order valence-corrected chi connectivity index (χ1v) is 12.9. The van der Waals surface area contributed by atoms with Gasteiger partial charge in [0.25, 0.3) is 0 Å². The molecule has 1 atom stereocenters. The highest BCUT2D eigenvalue weighted by Gasteiger charge is 2.28. The second-order valence-corrected chi connectivity index (χ2v) is 9.86. The molecule has 2 rings (SSSR count). The Bertz CT molecular complexity index is 1140. The normalized spacial score (nSPS) is 12.1. The van der Waals surface area contributed by atoms with Gasteiger partial charge >= 0.3 is 0 Å². The number of sulfonamides is 1. The third-order valence-corrected chi connectivity index (χ3v) is 6.66. The Morgan fingerprint density at radius 3 is 2.40 bits per heavy atom. The number of nitrogens with one attached hydrogen (secondary N) is 1. The number of anilines is 1. The molecule has 2 amide bonds. The predicted octanol–water partition coefficient (Wildman–Crippen LogP) is 3.07. The SMILES string of the molecule is CC[C@@H](C(=O)NC)N(Cc1cccc(OC)c1)C(=O)CCCN(c1ccc(F)c(F)c1)S(C)(=O)=O. The minimum Gasteiger partial charge on any atom is -0.497 e. The van der Waals surface area contributed by atoms with Crippen LogP contribution in [0.25, 0.3) is 0 Å². The molecule has 0 saturated carbocycles. The molecule has 11 heteroatoms. The van der Waals surface area contributed by atoms with Crippen LogP contribution >= 0.6 is 0 Å². The zero-order valence-electron chi connectivity index (χ0n) is 20.3. The third kappa shape index (κ3) is 7.64. The molecule has 35 heavy (non-hydrogen) atoms. The van der Waals surface area contributed by atoms with Crippen molar-refractivity contribution < 1.29 is 31.5 Å². The molecule has 0 aliphatic rings. The number of hydrogen-bond acceptors (Lipinski definition) is 5. The quantitative estimate of drug-likeness (QED) is 0.473. The maximum atomic E-state index is 13.7. The minimum atomic E-state index is -3.82. The van der Waals surface area contributed by atoms with Gasteiger partial charge in [0.2, 0.25) is 21.8 Å². The molecule has 0 saturated heterocycles. The summed E-state index contributed by atoms with van der Waals surface area (Å²) in [6.45, 7) is 1.82. The van der Waals surface area contributed by atoms with E-state index in [-0.39, 0.29) is 43.4 Å². The number of benzene rings is 2. The summed E-state index contributed by atoms with van der Waals surface area (Å²) in [5.41, 5.74) is 0.725. The lowest BCUT2D eigenvalue weighted by Gasteiger charge is -2.31. The van der Waals surface area contributed by atoms with Gasteiger partial charge in [-0.3, -0.25) is 13.9 Å². The van der Waals surface area contributed by atoms with Crippen LogP contribution in [0, 0.1) is 11.6 Å². The van der Waals surface area contributed by atoms with Crippen LogP contribution in [-0.4, -0.2) is 58.1 Å². The summed E-state index contributed by atoms with van der Waals surface area (Å²) in [6.07, 6.45) is 1.36. The second kappa shape index (κ2) is 12.5. The highest BCUT2D eigenvalue weighted by Crippen LogP contribution is 2.22. The lowest BCUT2D eigenvalue weighted by molar-refractivity contribution is -0.141. The first-order chi connectivity index (χ1) is 16.5. The molecule has 2 aromatic rings. The Labute approximate surface area is 204 Å². The van der Waals surface area contributed by atoms with Gasteiger partial charge in [-0.2, -0.15) is 0 Å². The number of ether oxygens (including phenoxy) is 1. The van der Waals surface area contributed by atoms with Gasteiger partial charge in [-0.1, -0.05) is 19.1 Å². The number of amides is 2. The average Bonchev–Trinajstić information content (AvgIpc) is 2.82. The fourth-order valence-electron chi connectivity index (χ4n) is 3.70. The molecule has 8 nitrogen and oxygen atoms in total. The van der Waals surface area contributed by atoms with Crippen molar-refractivity contribution >= 4 is 27.5 Å². The molecule has 0 radical (unpaired) electrons. The van der Waals surface area contributed by atoms with Crippen LogP contribution in [0.15, 0.2) is 42.5 Å². The van der Waals surface area contributed by atoms with Gasteiger partial charge in [0.05, 0.1) is 19.1 Å². The third-order valence-electron chi connectivity index (χ3n) is 5.46. The number of halogens is 2. The lowest BCUT2D eigenvalue weighted by atomic mass is 10.1. The largest absolute Gasteiger partial charge is 0.497 e. The van der Waals surface area contributed by atoms with Crippen LogP contribution in [0.5, 0.6) is 5.75 Å². The number of carbonyl (C=O) groups is 2. The molecule has 0 spiro atoms. The van der Waals surface area contributed by atoms with Crippen molar-refractivity contribution in [3.05, 3.63) is 59.7 Å². The molecule has 0 heterocycles. The topological polar surface area (TPSA) is 96.0 Å². The van der Waals surface area contributed by atoms with Gasteiger partial charge in [0.15, 0.2) is 11.6 Å². The zero-order chi connectivity index (χ0) is 26.2. The standard InChI is InChI=1S/C24H31F2N3O5S/c1-5-22(24(31)27-2)28(16-17-8-6-9-19(14-17)34-3)23(30)10-7-13-29(35(4,32)33)18-11-12-20(25)21(26)15-18/h6,8-9,11-12,14-15,22H,5,7,10,13,16H2,1-4H3,(H,27,31)/t22-/m0/s1. The van der Waals surface area contributed by atoms with E-state index in [9.17, 15) is 26.8 Å². The maximum absolute atomic E-state index is 13.7. The Morgan fingerprint density at radius 2 is 1.83 bits per heavy atom. The first-order valence-electron chi connectivity index (χ1n) is 11.1. The van der Waals surface area contributed by atoms with Crippen molar-refractivity contribution in [2.45, 2.75) is 38.8 Å². The smallest absolute Gasteiger partial charge is 0.242 e. The number of nitrogens with zero attached hydrogens (tertiary/aromatic N) is 2. The molecule has 2 aromatic carbocycles. The highest BCUT2D eigenvalue weighted by atomic mass is 32.2. The Balaban J connectivity index is 2.22. The Morgan fingerprint density at radius 1 is 1.11 bits per heavy atom. The molecule has 0 aromatic heterocycles. The maximum Gasteiger partial charge on any atom is 0.242 e. The summed E-state index contributed by atoms with van der Waals surface area (Å²) >= 11 is 0. The lowest BCUT2D eigenvalue weighted by Crippen LogP contribution is -2.48. The summed E-state index contributed by atoms with van der Waals surface area (Å²) in [5.74, 6) is -2.32. The molecule has 0 aliphatic heterocycles. The second-order valence-electron chi connectivity index (χ2n) is 7.95. The van der Waals surface area contributed by atoms with Gasteiger partial charge in [0, 0.05) is 32.6 Å². The van der Waals surface area contributed by atoms with Gasteiger partial charge in [-0.15, -0.1) is 0 Å². The van der Waals surface area contributed by atoms with Crippen LogP contribution in [0.2, 0.25) is 0 Å². The van der Waals surface area contributed by atoms with Crippen molar-refractivity contribution in [3.8, 4) is 5.75 Å². The van der Waals surface area contributed by atoms with E-state index < -0.39 is 27.7 Å². The number of rotatable bonds is 12. The van der Waals surface area contributed by atoms with E-state index in [4.69, 9.17) is 4.74 Å². The van der Waals surface area contributed by atoms with Crippen molar-refractivity contribution in [3.63, 3.8) is 0 Å². The van der Waals surface area contributed by atoms with Crippen LogP contribution in [0.3, 0.4) is 0 Å². The number of methoxy groups -OCH3 is 1. The van der Waals surface area contributed by atoms with Gasteiger partial charge in [0.1, 0.15) is 11.8 Å². The minimum absolute atomic E-state index is 0.0381. The zero-order valence-corrected chi connectivity index (χ0v) is 21.1. The number of likely N-dealkylation sites (N-methyl/N-ethyl adjacent to an activating group) is 1. The molecule has 1 N–H and O–H groups in total. The fraction of sp³-hybridized carbons (Fsp3) is 0.417. The summed E-state index contributed by atoms with van der Waals surface area (Å²) < 4.78 is 57.7. The van der Waals surface area contributed by atoms with Crippen LogP contribution in [-0.2, 0) is 26.2 Å². The van der Waals surface area contributed by atoms with E-state index in [2.05, 4.69) is 5.32 Å². The summed E-state index contributed by atoms with van der Waals surface area (Å²) in [6, 6.07) is 9.21. The predicted molar refractivity (Wildman–Crippen MR) is 129 cm³/mol. The molecular weight excluding hydrogens is 480 g/mol. The molecule has 0 bridgehead atoms. The monoisotopic (exact) mass is 511 g/mol. The van der Waals surface area contributed by atoms with Crippen molar-refractivity contribution in [2.24, 2.45) is 0 Å². The van der Waals surface area contributed by atoms with Gasteiger partial charge < -0.3 is 15.0 Å². The molecular formula is C24H31F2N3O5S. The van der Waals surface area contributed by atoms with Crippen LogP contribution < -0.4 is 14.4 Å². The Hall–Kier alpha value is -3.21. The van der Waals surface area contributed by atoms with E-state index in [0.29, 0.717) is 12.2 Å². The fourth-order valence-corrected chi connectivity index (χ4v) is 4.65. The molecule has 0 unspecified atom stereocenters. The van der Waals surface area contributed by atoms with Crippen molar-refractivity contribution in [2.75, 3.05) is 31.3 Å². The van der Waals surface area contributed by atoms with E-state index >= 15 is 0 Å². The molecule has 0 fully saturated rings. The van der Waals surface area contributed by atoms with Crippen molar-refractivity contribution in [1.82, 2.24) is 10.2 Å². The highest BCUT2D eigenvalue weighted by molar-refractivity contribution is 7.92. The van der Waals surface area contributed by atoms with E-state index in [1.54, 1.807) is 25.1 Å². The summed E-state index contributed by atoms with van der Waals surface area (Å²) in [4.78, 5) is 27.2.